The summed E-state index contributed by atoms with van der Waals surface area (Å²) in [7, 11) is 0. The zero-order chi connectivity index (χ0) is 24.3. The number of hydrogen-bond acceptors (Lipinski definition) is 4. The maximum atomic E-state index is 13.3. The van der Waals surface area contributed by atoms with Gasteiger partial charge in [-0.1, -0.05) is 60.7 Å². The minimum absolute atomic E-state index is 0.00975. The zero-order valence-electron chi connectivity index (χ0n) is 20.4. The Kier molecular flexibility index (Phi) is 7.21. The topological polar surface area (TPSA) is 72.9 Å². The van der Waals surface area contributed by atoms with Crippen LogP contribution in [0.5, 0.6) is 0 Å². The van der Waals surface area contributed by atoms with Crippen LogP contribution in [0, 0.1) is 11.3 Å². The molecule has 0 aromatic heterocycles. The number of carbonyl (C=O) groups is 2. The first-order chi connectivity index (χ1) is 17.0. The van der Waals surface area contributed by atoms with Gasteiger partial charge in [-0.2, -0.15) is 0 Å². The second kappa shape index (κ2) is 10.5. The van der Waals surface area contributed by atoms with Gasteiger partial charge in [0, 0.05) is 19.6 Å². The summed E-state index contributed by atoms with van der Waals surface area (Å²) < 4.78 is 0. The van der Waals surface area contributed by atoms with Crippen LogP contribution < -0.4 is 5.32 Å². The minimum atomic E-state index is -0.630. The van der Waals surface area contributed by atoms with Crippen molar-refractivity contribution in [2.75, 3.05) is 32.7 Å². The second-order valence-corrected chi connectivity index (χ2v) is 10.7. The van der Waals surface area contributed by atoms with E-state index in [1.807, 2.05) is 35.2 Å². The quantitative estimate of drug-likeness (QED) is 0.697. The molecule has 0 unspecified atom stereocenters. The Hall–Kier alpha value is -2.70. The van der Waals surface area contributed by atoms with Crippen molar-refractivity contribution >= 4 is 11.8 Å². The SMILES string of the molecule is O=C(CN1CCC[C@@]2(C[C@@H](O)[C@H](c3ccccc3)NC2=O)C1)N1CCC(Cc2ccccc2)CC1. The molecule has 0 aliphatic carbocycles. The van der Waals surface area contributed by atoms with E-state index in [9.17, 15) is 14.7 Å². The number of rotatable bonds is 5. The van der Waals surface area contributed by atoms with Gasteiger partial charge >= 0.3 is 0 Å². The third kappa shape index (κ3) is 5.44. The Morgan fingerprint density at radius 1 is 1.00 bits per heavy atom. The highest BCUT2D eigenvalue weighted by Crippen LogP contribution is 2.41. The molecule has 3 aliphatic rings. The molecule has 0 radical (unpaired) electrons. The molecule has 0 saturated carbocycles. The largest absolute Gasteiger partial charge is 0.391 e. The van der Waals surface area contributed by atoms with Crippen LogP contribution >= 0.6 is 0 Å². The van der Waals surface area contributed by atoms with E-state index in [1.54, 1.807) is 0 Å². The van der Waals surface area contributed by atoms with Crippen molar-refractivity contribution in [3.05, 3.63) is 71.8 Å². The molecular weight excluding hydrogens is 438 g/mol. The molecule has 5 rings (SSSR count). The monoisotopic (exact) mass is 475 g/mol. The van der Waals surface area contributed by atoms with Crippen LogP contribution in [0.4, 0.5) is 0 Å². The molecule has 6 nitrogen and oxygen atoms in total. The van der Waals surface area contributed by atoms with Crippen LogP contribution in [0.1, 0.15) is 49.3 Å². The Morgan fingerprint density at radius 2 is 1.69 bits per heavy atom. The molecule has 0 bridgehead atoms. The molecule has 3 atom stereocenters. The summed E-state index contributed by atoms with van der Waals surface area (Å²) in [5.41, 5.74) is 1.69. The van der Waals surface area contributed by atoms with Crippen LogP contribution in [0.25, 0.3) is 0 Å². The summed E-state index contributed by atoms with van der Waals surface area (Å²) in [6.07, 6.45) is 4.59. The lowest BCUT2D eigenvalue weighted by Gasteiger charge is -2.47. The molecule has 3 saturated heterocycles. The van der Waals surface area contributed by atoms with Crippen molar-refractivity contribution in [3.8, 4) is 0 Å². The predicted octanol–water partition coefficient (Wildman–Crippen LogP) is 3.17. The first kappa shape index (κ1) is 24.0. The van der Waals surface area contributed by atoms with E-state index in [0.717, 1.165) is 57.3 Å². The highest BCUT2D eigenvalue weighted by atomic mass is 16.3. The van der Waals surface area contributed by atoms with E-state index < -0.39 is 11.5 Å². The molecule has 6 heteroatoms. The first-order valence-corrected chi connectivity index (χ1v) is 13.1. The standard InChI is InChI=1S/C29H37N3O3/c33-25-19-29(28(35)30-27(25)24-10-5-2-6-11-24)14-7-15-31(21-29)20-26(34)32-16-12-23(13-17-32)18-22-8-3-1-4-9-22/h1-6,8-11,23,25,27,33H,7,12-21H2,(H,30,35)/t25-,27+,29-/m1/s1. The first-order valence-electron chi connectivity index (χ1n) is 13.1. The molecule has 2 aromatic carbocycles. The molecular formula is C29H37N3O3. The Bertz CT molecular complexity index is 1010. The third-order valence-electron chi connectivity index (χ3n) is 8.26. The van der Waals surface area contributed by atoms with Gasteiger partial charge in [-0.05, 0) is 62.1 Å². The molecule has 35 heavy (non-hydrogen) atoms. The minimum Gasteiger partial charge on any atom is -0.391 e. The van der Waals surface area contributed by atoms with Crippen LogP contribution in [0.2, 0.25) is 0 Å². The number of benzene rings is 2. The molecule has 2 N–H and O–H groups in total. The van der Waals surface area contributed by atoms with Crippen molar-refractivity contribution in [3.63, 3.8) is 0 Å². The van der Waals surface area contributed by atoms with Crippen molar-refractivity contribution in [2.45, 2.75) is 50.7 Å². The maximum absolute atomic E-state index is 13.3. The number of aliphatic hydroxyl groups is 1. The molecule has 2 aromatic rings. The van der Waals surface area contributed by atoms with Crippen LogP contribution in [-0.2, 0) is 16.0 Å². The second-order valence-electron chi connectivity index (χ2n) is 10.7. The molecule has 186 valence electrons. The van der Waals surface area contributed by atoms with Crippen LogP contribution in [0.3, 0.4) is 0 Å². The fourth-order valence-corrected chi connectivity index (χ4v) is 6.31. The Morgan fingerprint density at radius 3 is 2.40 bits per heavy atom. The average Bonchev–Trinajstić information content (AvgIpc) is 2.88. The smallest absolute Gasteiger partial charge is 0.236 e. The number of carbonyl (C=O) groups excluding carboxylic acids is 2. The highest BCUT2D eigenvalue weighted by Gasteiger charge is 2.49. The normalized spacial score (nSPS) is 28.1. The number of aliphatic hydroxyl groups excluding tert-OH is 1. The molecule has 1 spiro atoms. The molecule has 3 fully saturated rings. The zero-order valence-corrected chi connectivity index (χ0v) is 20.4. The van der Waals surface area contributed by atoms with Crippen molar-refractivity contribution in [1.82, 2.24) is 15.1 Å². The van der Waals surface area contributed by atoms with Gasteiger partial charge in [-0.25, -0.2) is 0 Å². The number of likely N-dealkylation sites (tertiary alicyclic amines) is 2. The molecule has 3 heterocycles. The lowest BCUT2D eigenvalue weighted by atomic mass is 9.70. The highest BCUT2D eigenvalue weighted by molar-refractivity contribution is 5.85. The summed E-state index contributed by atoms with van der Waals surface area (Å²) in [6.45, 7) is 3.34. The van der Waals surface area contributed by atoms with E-state index in [1.165, 1.54) is 5.56 Å². The van der Waals surface area contributed by atoms with Crippen molar-refractivity contribution in [1.29, 1.82) is 0 Å². The molecule has 2 amide bonds. The van der Waals surface area contributed by atoms with Gasteiger partial charge in [0.2, 0.25) is 11.8 Å². The maximum Gasteiger partial charge on any atom is 0.236 e. The van der Waals surface area contributed by atoms with Crippen LogP contribution in [-0.4, -0.2) is 65.5 Å². The van der Waals surface area contributed by atoms with Gasteiger partial charge in [-0.3, -0.25) is 14.5 Å². The Labute approximate surface area is 208 Å². The van der Waals surface area contributed by atoms with Gasteiger partial charge in [0.25, 0.3) is 0 Å². The Balaban J connectivity index is 1.14. The summed E-state index contributed by atoms with van der Waals surface area (Å²) in [5.74, 6) is 0.805. The van der Waals surface area contributed by atoms with E-state index in [2.05, 4.69) is 40.5 Å². The summed E-state index contributed by atoms with van der Waals surface area (Å²) in [4.78, 5) is 30.5. The van der Waals surface area contributed by atoms with E-state index in [0.29, 0.717) is 25.4 Å². The molecule has 3 aliphatic heterocycles. The number of piperidine rings is 3. The fourth-order valence-electron chi connectivity index (χ4n) is 6.31. The van der Waals surface area contributed by atoms with Gasteiger partial charge in [-0.15, -0.1) is 0 Å². The summed E-state index contributed by atoms with van der Waals surface area (Å²) in [5, 5.41) is 14.0. The van der Waals surface area contributed by atoms with E-state index >= 15 is 0 Å². The van der Waals surface area contributed by atoms with Crippen LogP contribution in [0.15, 0.2) is 60.7 Å². The van der Waals surface area contributed by atoms with Crippen molar-refractivity contribution in [2.24, 2.45) is 11.3 Å². The van der Waals surface area contributed by atoms with Gasteiger partial charge in [0.1, 0.15) is 0 Å². The number of hydrogen-bond donors (Lipinski definition) is 2. The van der Waals surface area contributed by atoms with E-state index in [4.69, 9.17) is 0 Å². The fraction of sp³-hybridized carbons (Fsp3) is 0.517. The predicted molar refractivity (Wildman–Crippen MR) is 136 cm³/mol. The number of amides is 2. The lowest BCUT2D eigenvalue weighted by Crippen LogP contribution is -2.60. The number of nitrogens with one attached hydrogen (secondary N) is 1. The van der Waals surface area contributed by atoms with Crippen molar-refractivity contribution < 1.29 is 14.7 Å². The summed E-state index contributed by atoms with van der Waals surface area (Å²) in [6, 6.07) is 19.9. The lowest BCUT2D eigenvalue weighted by molar-refractivity contribution is -0.147. The summed E-state index contributed by atoms with van der Waals surface area (Å²) >= 11 is 0. The third-order valence-corrected chi connectivity index (χ3v) is 8.26. The number of nitrogens with zero attached hydrogens (tertiary/aromatic N) is 2. The van der Waals surface area contributed by atoms with Gasteiger partial charge in [0.15, 0.2) is 0 Å². The van der Waals surface area contributed by atoms with Gasteiger partial charge < -0.3 is 15.3 Å². The van der Waals surface area contributed by atoms with Gasteiger partial charge in [0.05, 0.1) is 24.1 Å². The van der Waals surface area contributed by atoms with E-state index in [-0.39, 0.29) is 17.9 Å². The average molecular weight is 476 g/mol.